The van der Waals surface area contributed by atoms with Gasteiger partial charge in [0, 0.05) is 88.2 Å². The highest BCUT2D eigenvalue weighted by Crippen LogP contribution is 2.27. The Kier molecular flexibility index (Phi) is 11.2. The van der Waals surface area contributed by atoms with Crippen LogP contribution < -0.4 is 21.3 Å². The molecule has 0 bridgehead atoms. The first-order chi connectivity index (χ1) is 24.7. The van der Waals surface area contributed by atoms with Gasteiger partial charge in [0.2, 0.25) is 0 Å². The smallest absolute Gasteiger partial charge is 0.0389 e. The Balaban J connectivity index is 1.04. The summed E-state index contributed by atoms with van der Waals surface area (Å²) in [7, 11) is 0. The fraction of sp³-hybridized carbons (Fsp3) is 0.227. The van der Waals surface area contributed by atoms with Crippen LogP contribution >= 0.6 is 0 Å². The Morgan fingerprint density at radius 3 is 1.02 bits per heavy atom. The molecule has 0 aromatic heterocycles. The van der Waals surface area contributed by atoms with Crippen LogP contribution in [0.4, 0.5) is 0 Å². The maximum atomic E-state index is 3.54. The molecule has 3 aromatic rings. The quantitative estimate of drug-likeness (QED) is 0.153. The van der Waals surface area contributed by atoms with Gasteiger partial charge in [0.15, 0.2) is 0 Å². The Hall–Kier alpha value is -5.30. The second-order valence-electron chi connectivity index (χ2n) is 13.3. The fourth-order valence-electron chi connectivity index (χ4n) is 6.81. The van der Waals surface area contributed by atoms with Crippen LogP contribution in [-0.4, -0.2) is 62.2 Å². The predicted molar refractivity (Wildman–Crippen MR) is 209 cm³/mol. The molecule has 50 heavy (non-hydrogen) atoms. The van der Waals surface area contributed by atoms with E-state index in [0.717, 1.165) is 65.4 Å². The summed E-state index contributed by atoms with van der Waals surface area (Å²) in [6.45, 7) is 8.80. The van der Waals surface area contributed by atoms with Crippen molar-refractivity contribution in [1.82, 2.24) is 31.1 Å². The SMILES string of the molecule is C1=CCNC(CN(CC2=CC=CCN2)Cc2cccc(-c3ccc(-c4cccc(CN(CC5=CC=CCN5)CC5=CC=CCN5)c4)cc3)c2)=C1. The number of hydrogen-bond donors (Lipinski definition) is 4. The molecule has 0 saturated heterocycles. The average Bonchev–Trinajstić information content (AvgIpc) is 3.17. The summed E-state index contributed by atoms with van der Waals surface area (Å²) in [4.78, 5) is 5.01. The molecule has 4 N–H and O–H groups in total. The molecular formula is C44H48N6. The van der Waals surface area contributed by atoms with E-state index in [-0.39, 0.29) is 0 Å². The van der Waals surface area contributed by atoms with E-state index >= 15 is 0 Å². The van der Waals surface area contributed by atoms with Crippen molar-refractivity contribution in [2.75, 3.05) is 52.4 Å². The Morgan fingerprint density at radius 2 is 0.720 bits per heavy atom. The molecule has 0 unspecified atom stereocenters. The molecule has 6 nitrogen and oxygen atoms in total. The highest BCUT2D eigenvalue weighted by atomic mass is 15.2. The molecule has 0 amide bonds. The molecule has 0 fully saturated rings. The molecule has 6 heteroatoms. The van der Waals surface area contributed by atoms with Gasteiger partial charge in [-0.1, -0.05) is 109 Å². The van der Waals surface area contributed by atoms with Crippen LogP contribution in [-0.2, 0) is 13.1 Å². The number of nitrogens with zero attached hydrogens (tertiary/aromatic N) is 2. The third-order valence-electron chi connectivity index (χ3n) is 9.32. The lowest BCUT2D eigenvalue weighted by Gasteiger charge is -2.27. The van der Waals surface area contributed by atoms with Crippen LogP contribution in [0.3, 0.4) is 0 Å². The standard InChI is InChI=1S/C44H48N6/c1-5-23-45-41(15-1)31-49(32-42-16-2-6-24-46-42)29-35-11-9-13-39(27-35)37-19-21-38(22-20-37)40-14-10-12-36(28-40)30-50(33-43-17-3-7-25-47-43)34-44-18-4-8-26-48-44/h1-22,27-28,45-48H,23-26,29-34H2. The van der Waals surface area contributed by atoms with Crippen molar-refractivity contribution in [2.45, 2.75) is 13.1 Å². The minimum atomic E-state index is 0.870. The van der Waals surface area contributed by atoms with Gasteiger partial charge >= 0.3 is 0 Å². The van der Waals surface area contributed by atoms with Crippen molar-refractivity contribution >= 4 is 0 Å². The van der Waals surface area contributed by atoms with Gasteiger partial charge < -0.3 is 21.3 Å². The summed E-state index contributed by atoms with van der Waals surface area (Å²) >= 11 is 0. The van der Waals surface area contributed by atoms with Gasteiger partial charge in [-0.3, -0.25) is 9.80 Å². The number of hydrogen-bond acceptors (Lipinski definition) is 6. The number of rotatable bonds is 14. The van der Waals surface area contributed by atoms with Crippen LogP contribution in [0.2, 0.25) is 0 Å². The van der Waals surface area contributed by atoms with Crippen molar-refractivity contribution in [3.63, 3.8) is 0 Å². The molecular weight excluding hydrogens is 613 g/mol. The highest BCUT2D eigenvalue weighted by Gasteiger charge is 2.15. The van der Waals surface area contributed by atoms with Crippen molar-refractivity contribution in [3.8, 4) is 22.3 Å². The summed E-state index contributed by atoms with van der Waals surface area (Å²) in [5.74, 6) is 0. The van der Waals surface area contributed by atoms with Gasteiger partial charge in [-0.05, 0) is 69.8 Å². The first-order valence-electron chi connectivity index (χ1n) is 17.9. The highest BCUT2D eigenvalue weighted by molar-refractivity contribution is 5.71. The van der Waals surface area contributed by atoms with Crippen LogP contribution in [0.15, 0.2) is 168 Å². The maximum absolute atomic E-state index is 3.54. The monoisotopic (exact) mass is 660 g/mol. The van der Waals surface area contributed by atoms with Gasteiger partial charge in [0.05, 0.1) is 0 Å². The number of allylic oxidation sites excluding steroid dienone is 8. The minimum absolute atomic E-state index is 0.870. The van der Waals surface area contributed by atoms with Crippen molar-refractivity contribution in [3.05, 3.63) is 180 Å². The Morgan fingerprint density at radius 1 is 0.380 bits per heavy atom. The molecule has 0 radical (unpaired) electrons. The zero-order valence-corrected chi connectivity index (χ0v) is 28.8. The molecule has 4 heterocycles. The van der Waals surface area contributed by atoms with Gasteiger partial charge in [-0.2, -0.15) is 0 Å². The average molecular weight is 661 g/mol. The van der Waals surface area contributed by atoms with Gasteiger partial charge in [0.1, 0.15) is 0 Å². The third kappa shape index (κ3) is 9.44. The van der Waals surface area contributed by atoms with E-state index in [0.29, 0.717) is 0 Å². The molecule has 0 saturated carbocycles. The lowest BCUT2D eigenvalue weighted by molar-refractivity contribution is 0.301. The van der Waals surface area contributed by atoms with E-state index in [2.05, 4.69) is 177 Å². The van der Waals surface area contributed by atoms with E-state index in [1.807, 2.05) is 0 Å². The summed E-state index contributed by atoms with van der Waals surface area (Å²) in [5.41, 5.74) is 12.6. The zero-order chi connectivity index (χ0) is 33.8. The molecule has 7 rings (SSSR count). The predicted octanol–water partition coefficient (Wildman–Crippen LogP) is 6.80. The molecule has 254 valence electrons. The molecule has 4 aliphatic rings. The first-order valence-corrected chi connectivity index (χ1v) is 17.9. The van der Waals surface area contributed by atoms with E-state index in [4.69, 9.17) is 0 Å². The summed E-state index contributed by atoms with van der Waals surface area (Å²) in [6, 6.07) is 27.1. The van der Waals surface area contributed by atoms with E-state index in [1.54, 1.807) is 0 Å². The summed E-state index contributed by atoms with van der Waals surface area (Å²) in [5, 5.41) is 14.1. The molecule has 0 atom stereocenters. The normalized spacial score (nSPS) is 16.5. The van der Waals surface area contributed by atoms with Crippen molar-refractivity contribution < 1.29 is 0 Å². The van der Waals surface area contributed by atoms with E-state index in [1.165, 1.54) is 56.2 Å². The molecule has 0 aliphatic carbocycles. The van der Waals surface area contributed by atoms with Crippen molar-refractivity contribution in [2.24, 2.45) is 0 Å². The summed E-state index contributed by atoms with van der Waals surface area (Å²) in [6.07, 6.45) is 26.0. The van der Waals surface area contributed by atoms with Crippen molar-refractivity contribution in [1.29, 1.82) is 0 Å². The number of dihydropyridines is 4. The fourth-order valence-corrected chi connectivity index (χ4v) is 6.81. The molecule has 0 spiro atoms. The summed E-state index contributed by atoms with van der Waals surface area (Å²) < 4.78 is 0. The van der Waals surface area contributed by atoms with Crippen LogP contribution in [0, 0.1) is 0 Å². The Bertz CT molecular complexity index is 1670. The van der Waals surface area contributed by atoms with Crippen LogP contribution in [0.5, 0.6) is 0 Å². The lowest BCUT2D eigenvalue weighted by Crippen LogP contribution is -2.35. The number of benzene rings is 3. The second kappa shape index (κ2) is 16.9. The minimum Gasteiger partial charge on any atom is -0.384 e. The van der Waals surface area contributed by atoms with Gasteiger partial charge in [-0.25, -0.2) is 0 Å². The van der Waals surface area contributed by atoms with Crippen LogP contribution in [0.1, 0.15) is 11.1 Å². The first kappa shape index (κ1) is 33.2. The topological polar surface area (TPSA) is 54.6 Å². The lowest BCUT2D eigenvalue weighted by atomic mass is 9.98. The molecule has 3 aromatic carbocycles. The van der Waals surface area contributed by atoms with E-state index in [9.17, 15) is 0 Å². The van der Waals surface area contributed by atoms with E-state index < -0.39 is 0 Å². The van der Waals surface area contributed by atoms with Crippen LogP contribution in [0.25, 0.3) is 22.3 Å². The zero-order valence-electron chi connectivity index (χ0n) is 28.8. The largest absolute Gasteiger partial charge is 0.384 e. The van der Waals surface area contributed by atoms with Gasteiger partial charge in [0.25, 0.3) is 0 Å². The van der Waals surface area contributed by atoms with Gasteiger partial charge in [-0.15, -0.1) is 0 Å². The number of nitrogens with one attached hydrogen (secondary N) is 4. The third-order valence-corrected chi connectivity index (χ3v) is 9.32. The Labute approximate surface area is 297 Å². The second-order valence-corrected chi connectivity index (χ2v) is 13.3. The molecule has 4 aliphatic heterocycles. The maximum Gasteiger partial charge on any atom is 0.0389 e.